The normalized spacial score (nSPS) is 28.8. The highest BCUT2D eigenvalue weighted by Crippen LogP contribution is 2.63. The van der Waals surface area contributed by atoms with Crippen molar-refractivity contribution in [1.29, 1.82) is 0 Å². The van der Waals surface area contributed by atoms with Crippen LogP contribution < -0.4 is 5.32 Å². The SMILES string of the molecule is CC1CC2CCC3(c4ccccc4-c4c(Nc5ccccc5Cl)cccc43)C(C1)C2. The van der Waals surface area contributed by atoms with Gasteiger partial charge in [-0.2, -0.15) is 0 Å². The minimum Gasteiger partial charge on any atom is -0.354 e. The lowest BCUT2D eigenvalue weighted by Gasteiger charge is -2.50. The summed E-state index contributed by atoms with van der Waals surface area (Å²) < 4.78 is 0. The molecule has 4 unspecified atom stereocenters. The van der Waals surface area contributed by atoms with Crippen LogP contribution in [0.15, 0.2) is 66.7 Å². The van der Waals surface area contributed by atoms with Crippen LogP contribution in [0.4, 0.5) is 11.4 Å². The van der Waals surface area contributed by atoms with E-state index in [9.17, 15) is 0 Å². The van der Waals surface area contributed by atoms with Gasteiger partial charge in [-0.3, -0.25) is 0 Å². The fourth-order valence-corrected chi connectivity index (χ4v) is 7.17. The zero-order valence-corrected chi connectivity index (χ0v) is 18.3. The molecule has 0 aromatic heterocycles. The predicted molar refractivity (Wildman–Crippen MR) is 127 cm³/mol. The Bertz CT molecular complexity index is 1120. The number of para-hydroxylation sites is 1. The Morgan fingerprint density at radius 2 is 1.60 bits per heavy atom. The van der Waals surface area contributed by atoms with E-state index >= 15 is 0 Å². The molecule has 2 fully saturated rings. The number of benzene rings is 3. The summed E-state index contributed by atoms with van der Waals surface area (Å²) in [6, 6.07) is 24.1. The Morgan fingerprint density at radius 1 is 0.833 bits per heavy atom. The third-order valence-corrected chi connectivity index (χ3v) is 8.38. The number of hydrogen-bond donors (Lipinski definition) is 1. The first kappa shape index (κ1) is 18.5. The minimum atomic E-state index is 0.176. The Labute approximate surface area is 184 Å². The number of hydrogen-bond acceptors (Lipinski definition) is 1. The first-order chi connectivity index (χ1) is 14.7. The van der Waals surface area contributed by atoms with Gasteiger partial charge in [0.15, 0.2) is 0 Å². The summed E-state index contributed by atoms with van der Waals surface area (Å²) in [4.78, 5) is 0. The highest BCUT2D eigenvalue weighted by molar-refractivity contribution is 6.33. The molecule has 3 aromatic carbocycles. The first-order valence-corrected chi connectivity index (χ1v) is 11.8. The van der Waals surface area contributed by atoms with E-state index in [2.05, 4.69) is 60.8 Å². The number of anilines is 2. The van der Waals surface area contributed by atoms with Gasteiger partial charge in [0.05, 0.1) is 10.7 Å². The second-order valence-corrected chi connectivity index (χ2v) is 10.2. The summed E-state index contributed by atoms with van der Waals surface area (Å²) in [6.07, 6.45) is 6.81. The van der Waals surface area contributed by atoms with E-state index in [1.807, 2.05) is 18.2 Å². The van der Waals surface area contributed by atoms with Crippen molar-refractivity contribution in [2.24, 2.45) is 17.8 Å². The Kier molecular flexibility index (Phi) is 4.25. The zero-order chi connectivity index (χ0) is 20.3. The van der Waals surface area contributed by atoms with E-state index in [-0.39, 0.29) is 5.41 Å². The smallest absolute Gasteiger partial charge is 0.0640 e. The fourth-order valence-electron chi connectivity index (χ4n) is 6.99. The van der Waals surface area contributed by atoms with Crippen LogP contribution in [0, 0.1) is 17.8 Å². The molecule has 0 amide bonds. The lowest BCUT2D eigenvalue weighted by atomic mass is 9.53. The number of halogens is 1. The van der Waals surface area contributed by atoms with Crippen molar-refractivity contribution in [3.63, 3.8) is 0 Å². The maximum Gasteiger partial charge on any atom is 0.0640 e. The molecule has 3 aliphatic carbocycles. The van der Waals surface area contributed by atoms with Crippen molar-refractivity contribution in [1.82, 2.24) is 0 Å². The summed E-state index contributed by atoms with van der Waals surface area (Å²) in [5.74, 6) is 2.51. The van der Waals surface area contributed by atoms with E-state index < -0.39 is 0 Å². The van der Waals surface area contributed by atoms with Gasteiger partial charge in [0, 0.05) is 16.7 Å². The van der Waals surface area contributed by atoms with Crippen molar-refractivity contribution >= 4 is 23.0 Å². The lowest BCUT2D eigenvalue weighted by molar-refractivity contribution is 0.0856. The Hall–Kier alpha value is -2.25. The maximum absolute atomic E-state index is 6.49. The molecule has 152 valence electrons. The quantitative estimate of drug-likeness (QED) is 0.446. The lowest BCUT2D eigenvalue weighted by Crippen LogP contribution is -2.44. The standard InChI is InChI=1S/C28H28ClN/c1-18-15-19-13-14-28(20(16-18)17-19)22-8-3-2-7-21(22)27-23(28)9-6-12-26(27)30-25-11-5-4-10-24(25)29/h2-12,18-20,30H,13-17H2,1H3. The first-order valence-electron chi connectivity index (χ1n) is 11.4. The molecule has 4 atom stereocenters. The van der Waals surface area contributed by atoms with Gasteiger partial charge in [-0.05, 0) is 84.7 Å². The molecule has 3 aliphatic rings. The average molecular weight is 414 g/mol. The molecule has 2 heteroatoms. The van der Waals surface area contributed by atoms with Crippen molar-refractivity contribution in [2.45, 2.75) is 44.4 Å². The molecule has 30 heavy (non-hydrogen) atoms. The molecule has 0 radical (unpaired) electrons. The van der Waals surface area contributed by atoms with Crippen LogP contribution in [0.2, 0.25) is 5.02 Å². The van der Waals surface area contributed by atoms with Crippen molar-refractivity contribution < 1.29 is 0 Å². The summed E-state index contributed by atoms with van der Waals surface area (Å²) in [5.41, 5.74) is 8.24. The summed E-state index contributed by atoms with van der Waals surface area (Å²) >= 11 is 6.49. The van der Waals surface area contributed by atoms with Crippen LogP contribution in [-0.2, 0) is 5.41 Å². The molecule has 2 saturated carbocycles. The molecular formula is C28H28ClN. The third-order valence-electron chi connectivity index (χ3n) is 8.05. The molecule has 0 heterocycles. The summed E-state index contributed by atoms with van der Waals surface area (Å²) in [6.45, 7) is 2.47. The van der Waals surface area contributed by atoms with Crippen LogP contribution in [0.3, 0.4) is 0 Å². The van der Waals surface area contributed by atoms with E-state index in [0.29, 0.717) is 0 Å². The number of nitrogens with one attached hydrogen (secondary N) is 1. The third kappa shape index (κ3) is 2.61. The highest BCUT2D eigenvalue weighted by Gasteiger charge is 2.53. The van der Waals surface area contributed by atoms with E-state index in [1.165, 1.54) is 48.9 Å². The highest BCUT2D eigenvalue weighted by atomic mass is 35.5. The topological polar surface area (TPSA) is 12.0 Å². The van der Waals surface area contributed by atoms with Crippen LogP contribution in [0.1, 0.15) is 50.2 Å². The summed E-state index contributed by atoms with van der Waals surface area (Å²) in [7, 11) is 0. The molecule has 1 N–H and O–H groups in total. The molecule has 0 saturated heterocycles. The average Bonchev–Trinajstić information content (AvgIpc) is 3.04. The van der Waals surface area contributed by atoms with Gasteiger partial charge in [-0.25, -0.2) is 0 Å². The second-order valence-electron chi connectivity index (χ2n) is 9.76. The Balaban J connectivity index is 1.54. The van der Waals surface area contributed by atoms with Gasteiger partial charge < -0.3 is 5.32 Å². The predicted octanol–water partition coefficient (Wildman–Crippen LogP) is 8.20. The minimum absolute atomic E-state index is 0.176. The van der Waals surface area contributed by atoms with E-state index in [1.54, 1.807) is 11.1 Å². The summed E-state index contributed by atoms with van der Waals surface area (Å²) in [5, 5.41) is 4.43. The maximum atomic E-state index is 6.49. The van der Waals surface area contributed by atoms with E-state index in [0.717, 1.165) is 28.5 Å². The monoisotopic (exact) mass is 413 g/mol. The number of rotatable bonds is 2. The van der Waals surface area contributed by atoms with Crippen molar-refractivity contribution in [2.75, 3.05) is 5.32 Å². The van der Waals surface area contributed by atoms with Gasteiger partial charge in [0.2, 0.25) is 0 Å². The van der Waals surface area contributed by atoms with Crippen LogP contribution in [0.25, 0.3) is 11.1 Å². The van der Waals surface area contributed by atoms with Gasteiger partial charge >= 0.3 is 0 Å². The molecule has 6 rings (SSSR count). The molecule has 0 aliphatic heterocycles. The molecule has 3 aromatic rings. The molecular weight excluding hydrogens is 386 g/mol. The molecule has 1 spiro atoms. The fraction of sp³-hybridized carbons (Fsp3) is 0.357. The second kappa shape index (κ2) is 6.89. The van der Waals surface area contributed by atoms with Crippen molar-refractivity contribution in [3.8, 4) is 11.1 Å². The zero-order valence-electron chi connectivity index (χ0n) is 17.5. The molecule has 2 bridgehead atoms. The van der Waals surface area contributed by atoms with Crippen LogP contribution in [-0.4, -0.2) is 0 Å². The van der Waals surface area contributed by atoms with Crippen molar-refractivity contribution in [3.05, 3.63) is 82.9 Å². The van der Waals surface area contributed by atoms with Crippen LogP contribution >= 0.6 is 11.6 Å². The van der Waals surface area contributed by atoms with Crippen LogP contribution in [0.5, 0.6) is 0 Å². The van der Waals surface area contributed by atoms with Gasteiger partial charge in [0.1, 0.15) is 0 Å². The largest absolute Gasteiger partial charge is 0.354 e. The number of fused-ring (bicyclic) bond motifs is 8. The Morgan fingerprint density at radius 3 is 2.50 bits per heavy atom. The van der Waals surface area contributed by atoms with Gasteiger partial charge in [-0.15, -0.1) is 0 Å². The van der Waals surface area contributed by atoms with E-state index in [4.69, 9.17) is 11.6 Å². The molecule has 1 nitrogen and oxygen atoms in total. The van der Waals surface area contributed by atoms with Gasteiger partial charge in [-0.1, -0.05) is 67.1 Å². The van der Waals surface area contributed by atoms with Gasteiger partial charge in [0.25, 0.3) is 0 Å².